The van der Waals surface area contributed by atoms with Crippen molar-refractivity contribution in [2.75, 3.05) is 6.54 Å². The van der Waals surface area contributed by atoms with Crippen LogP contribution in [-0.4, -0.2) is 18.2 Å². The summed E-state index contributed by atoms with van der Waals surface area (Å²) >= 11 is 0. The van der Waals surface area contributed by atoms with Gasteiger partial charge < -0.3 is 10.1 Å². The molecule has 114 valence electrons. The largest absolute Gasteiger partial charge is 0.489 e. The molecule has 0 spiro atoms. The molecule has 1 unspecified atom stereocenters. The van der Waals surface area contributed by atoms with Crippen LogP contribution in [0.5, 0.6) is 5.75 Å². The Balaban J connectivity index is 2.11. The highest BCUT2D eigenvalue weighted by Crippen LogP contribution is 2.22. The molecule has 2 nitrogen and oxygen atoms in total. The summed E-state index contributed by atoms with van der Waals surface area (Å²) in [6.45, 7) is 11.8. The van der Waals surface area contributed by atoms with Gasteiger partial charge in [0.2, 0.25) is 0 Å². The van der Waals surface area contributed by atoms with Crippen molar-refractivity contribution in [1.29, 1.82) is 0 Å². The van der Waals surface area contributed by atoms with Gasteiger partial charge in [-0.1, -0.05) is 44.2 Å². The first-order valence-electron chi connectivity index (χ1n) is 7.76. The van der Waals surface area contributed by atoms with Crippen molar-refractivity contribution in [1.82, 2.24) is 5.32 Å². The first kappa shape index (κ1) is 15.8. The minimum atomic E-state index is 0.111. The lowest BCUT2D eigenvalue weighted by molar-refractivity contribution is 0.140. The third-order valence-electron chi connectivity index (χ3n) is 3.59. The summed E-state index contributed by atoms with van der Waals surface area (Å²) in [7, 11) is 0. The van der Waals surface area contributed by atoms with Gasteiger partial charge >= 0.3 is 0 Å². The van der Waals surface area contributed by atoms with Crippen LogP contribution in [0.3, 0.4) is 0 Å². The Labute approximate surface area is 128 Å². The normalized spacial score (nSPS) is 13.6. The minimum absolute atomic E-state index is 0.111. The lowest BCUT2D eigenvalue weighted by Gasteiger charge is -2.28. The molecule has 0 saturated heterocycles. The number of hydrogen-bond donors (Lipinski definition) is 1. The lowest BCUT2D eigenvalue weighted by Crippen LogP contribution is -2.44. The fourth-order valence-corrected chi connectivity index (χ4v) is 2.24. The Hall–Kier alpha value is -1.54. The quantitative estimate of drug-likeness (QED) is 0.864. The zero-order valence-electron chi connectivity index (χ0n) is 13.8. The summed E-state index contributed by atoms with van der Waals surface area (Å²) in [5, 5.41) is 6.01. The number of nitrogens with one attached hydrogen (secondary N) is 1. The average Bonchev–Trinajstić information content (AvgIpc) is 2.42. The minimum Gasteiger partial charge on any atom is -0.489 e. The molecule has 1 N–H and O–H groups in total. The van der Waals surface area contributed by atoms with E-state index in [0.29, 0.717) is 5.92 Å². The van der Waals surface area contributed by atoms with Gasteiger partial charge in [0.25, 0.3) is 0 Å². The molecule has 0 aliphatic rings. The van der Waals surface area contributed by atoms with Crippen molar-refractivity contribution < 1.29 is 4.74 Å². The maximum Gasteiger partial charge on any atom is 0.120 e. The molecule has 1 atom stereocenters. The van der Waals surface area contributed by atoms with Gasteiger partial charge in [0, 0.05) is 12.1 Å². The number of benzene rings is 2. The molecule has 21 heavy (non-hydrogen) atoms. The van der Waals surface area contributed by atoms with E-state index in [1.165, 1.54) is 10.8 Å². The zero-order chi connectivity index (χ0) is 15.5. The average molecular weight is 285 g/mol. The molecule has 2 aromatic rings. The molecule has 0 fully saturated rings. The molecule has 0 aliphatic heterocycles. The molecule has 2 aromatic carbocycles. The fraction of sp³-hybridized carbons (Fsp3) is 0.474. The van der Waals surface area contributed by atoms with Crippen molar-refractivity contribution in [2.24, 2.45) is 5.92 Å². The van der Waals surface area contributed by atoms with Crippen LogP contribution >= 0.6 is 0 Å². The van der Waals surface area contributed by atoms with Crippen LogP contribution in [0.25, 0.3) is 10.8 Å². The van der Waals surface area contributed by atoms with E-state index in [1.807, 2.05) is 0 Å². The highest BCUT2D eigenvalue weighted by Gasteiger charge is 2.18. The van der Waals surface area contributed by atoms with Crippen LogP contribution in [-0.2, 0) is 0 Å². The van der Waals surface area contributed by atoms with E-state index >= 15 is 0 Å². The first-order chi connectivity index (χ1) is 9.85. The molecule has 0 heterocycles. The molecule has 0 saturated carbocycles. The second-order valence-corrected chi connectivity index (χ2v) is 7.04. The van der Waals surface area contributed by atoms with Crippen LogP contribution < -0.4 is 10.1 Å². The van der Waals surface area contributed by atoms with E-state index < -0.39 is 0 Å². The zero-order valence-corrected chi connectivity index (χ0v) is 13.8. The molecular formula is C19H27NO. The Kier molecular flexibility index (Phi) is 4.89. The highest BCUT2D eigenvalue weighted by molar-refractivity contribution is 5.83. The third kappa shape index (κ3) is 4.75. The van der Waals surface area contributed by atoms with Crippen molar-refractivity contribution in [3.05, 3.63) is 42.5 Å². The van der Waals surface area contributed by atoms with Crippen molar-refractivity contribution in [3.63, 3.8) is 0 Å². The Bertz CT molecular complexity index is 583. The van der Waals surface area contributed by atoms with Crippen LogP contribution in [0.1, 0.15) is 34.6 Å². The van der Waals surface area contributed by atoms with Crippen molar-refractivity contribution >= 4 is 10.8 Å². The first-order valence-corrected chi connectivity index (χ1v) is 7.76. The van der Waals surface area contributed by atoms with E-state index in [-0.39, 0.29) is 11.6 Å². The number of fused-ring (bicyclic) bond motifs is 1. The van der Waals surface area contributed by atoms with Gasteiger partial charge in [0.1, 0.15) is 11.9 Å². The topological polar surface area (TPSA) is 21.3 Å². The Morgan fingerprint density at radius 3 is 2.29 bits per heavy atom. The molecule has 2 rings (SSSR count). The van der Waals surface area contributed by atoms with Crippen LogP contribution in [0, 0.1) is 5.92 Å². The summed E-state index contributed by atoms with van der Waals surface area (Å²) in [4.78, 5) is 0. The summed E-state index contributed by atoms with van der Waals surface area (Å²) in [5.74, 6) is 1.41. The van der Waals surface area contributed by atoms with Crippen molar-refractivity contribution in [2.45, 2.75) is 46.3 Å². The number of rotatable bonds is 5. The van der Waals surface area contributed by atoms with Gasteiger partial charge in [-0.3, -0.25) is 0 Å². The van der Waals surface area contributed by atoms with Gasteiger partial charge in [-0.15, -0.1) is 0 Å². The third-order valence-corrected chi connectivity index (χ3v) is 3.59. The molecule has 0 radical (unpaired) electrons. The Morgan fingerprint density at radius 1 is 1.00 bits per heavy atom. The maximum absolute atomic E-state index is 6.22. The van der Waals surface area contributed by atoms with Gasteiger partial charge in [0.05, 0.1) is 0 Å². The predicted octanol–water partition coefficient (Wildman–Crippen LogP) is 4.63. The second kappa shape index (κ2) is 6.48. The molecule has 0 bridgehead atoms. The maximum atomic E-state index is 6.22. The number of ether oxygens (including phenoxy) is 1. The van der Waals surface area contributed by atoms with Crippen LogP contribution in [0.4, 0.5) is 0 Å². The smallest absolute Gasteiger partial charge is 0.120 e. The van der Waals surface area contributed by atoms with Crippen molar-refractivity contribution in [3.8, 4) is 5.75 Å². The fourth-order valence-electron chi connectivity index (χ4n) is 2.24. The summed E-state index contributed by atoms with van der Waals surface area (Å²) < 4.78 is 6.22. The number of hydrogen-bond acceptors (Lipinski definition) is 2. The summed E-state index contributed by atoms with van der Waals surface area (Å²) in [6.07, 6.45) is 0.172. The monoisotopic (exact) mass is 285 g/mol. The summed E-state index contributed by atoms with van der Waals surface area (Å²) in [6, 6.07) is 14.7. The molecule has 0 aliphatic carbocycles. The van der Waals surface area contributed by atoms with Crippen LogP contribution in [0.15, 0.2) is 42.5 Å². The Morgan fingerprint density at radius 2 is 1.67 bits per heavy atom. The predicted molar refractivity (Wildman–Crippen MR) is 91.0 cm³/mol. The van der Waals surface area contributed by atoms with Crippen LogP contribution in [0.2, 0.25) is 0 Å². The standard InChI is InChI=1S/C19H27NO/c1-14(2)18(13-20-19(3,4)5)21-17-11-10-15-8-6-7-9-16(15)12-17/h6-12,14,18,20H,13H2,1-5H3. The lowest BCUT2D eigenvalue weighted by atomic mass is 10.0. The highest BCUT2D eigenvalue weighted by atomic mass is 16.5. The molecular weight excluding hydrogens is 258 g/mol. The SMILES string of the molecule is CC(C)C(CNC(C)(C)C)Oc1ccc2ccccc2c1. The summed E-state index contributed by atoms with van der Waals surface area (Å²) in [5.41, 5.74) is 0.111. The van der Waals surface area contributed by atoms with E-state index in [2.05, 4.69) is 82.4 Å². The molecule has 2 heteroatoms. The van der Waals surface area contributed by atoms with E-state index in [1.54, 1.807) is 0 Å². The van der Waals surface area contributed by atoms with Gasteiger partial charge in [-0.05, 0) is 49.6 Å². The van der Waals surface area contributed by atoms with Gasteiger partial charge in [0.15, 0.2) is 0 Å². The van der Waals surface area contributed by atoms with E-state index in [0.717, 1.165) is 12.3 Å². The van der Waals surface area contributed by atoms with E-state index in [9.17, 15) is 0 Å². The molecule has 0 amide bonds. The van der Waals surface area contributed by atoms with E-state index in [4.69, 9.17) is 4.74 Å². The molecule has 0 aromatic heterocycles. The van der Waals surface area contributed by atoms with Gasteiger partial charge in [-0.25, -0.2) is 0 Å². The van der Waals surface area contributed by atoms with Gasteiger partial charge in [-0.2, -0.15) is 0 Å². The second-order valence-electron chi connectivity index (χ2n) is 7.04.